The van der Waals surface area contributed by atoms with Gasteiger partial charge in [-0.05, 0) is 6.07 Å². The lowest BCUT2D eigenvalue weighted by atomic mass is 10.4. The largest absolute Gasteiger partial charge is 0.379 e. The SMILES string of the molecule is CNc1cc(NN2CCOCC2)ccn1. The van der Waals surface area contributed by atoms with Crippen molar-refractivity contribution in [1.29, 1.82) is 0 Å². The molecule has 2 rings (SSSR count). The molecule has 0 aliphatic carbocycles. The number of morpholine rings is 1. The Morgan fingerprint density at radius 1 is 1.40 bits per heavy atom. The Balaban J connectivity index is 1.96. The number of hydrogen-bond donors (Lipinski definition) is 2. The molecule has 1 aliphatic heterocycles. The van der Waals surface area contributed by atoms with Gasteiger partial charge in [-0.2, -0.15) is 0 Å². The summed E-state index contributed by atoms with van der Waals surface area (Å²) in [5, 5.41) is 5.16. The van der Waals surface area contributed by atoms with Gasteiger partial charge in [0.25, 0.3) is 0 Å². The minimum atomic E-state index is 0.789. The van der Waals surface area contributed by atoms with Gasteiger partial charge in [0.2, 0.25) is 0 Å². The first kappa shape index (κ1) is 10.2. The molecule has 0 unspecified atom stereocenters. The summed E-state index contributed by atoms with van der Waals surface area (Å²) in [5.74, 6) is 0.869. The number of nitrogens with one attached hydrogen (secondary N) is 2. The molecule has 5 heteroatoms. The van der Waals surface area contributed by atoms with Crippen molar-refractivity contribution in [3.05, 3.63) is 18.3 Å². The van der Waals surface area contributed by atoms with Crippen molar-refractivity contribution in [3.8, 4) is 0 Å². The van der Waals surface area contributed by atoms with Crippen LogP contribution in [0.3, 0.4) is 0 Å². The highest BCUT2D eigenvalue weighted by molar-refractivity contribution is 5.50. The minimum Gasteiger partial charge on any atom is -0.379 e. The second-order valence-electron chi connectivity index (χ2n) is 3.39. The van der Waals surface area contributed by atoms with Gasteiger partial charge in [-0.25, -0.2) is 9.99 Å². The quantitative estimate of drug-likeness (QED) is 0.769. The maximum atomic E-state index is 5.28. The van der Waals surface area contributed by atoms with Crippen LogP contribution in [0.2, 0.25) is 0 Å². The van der Waals surface area contributed by atoms with Gasteiger partial charge in [0.15, 0.2) is 0 Å². The van der Waals surface area contributed by atoms with Crippen LogP contribution in [-0.4, -0.2) is 43.3 Å². The molecule has 2 N–H and O–H groups in total. The first-order valence-corrected chi connectivity index (χ1v) is 5.11. The Morgan fingerprint density at radius 3 is 2.93 bits per heavy atom. The number of pyridine rings is 1. The van der Waals surface area contributed by atoms with Gasteiger partial charge in [0.05, 0.1) is 18.9 Å². The topological polar surface area (TPSA) is 49.4 Å². The summed E-state index contributed by atoms with van der Waals surface area (Å²) in [6.45, 7) is 3.41. The molecule has 82 valence electrons. The molecular weight excluding hydrogens is 192 g/mol. The van der Waals surface area contributed by atoms with Crippen LogP contribution in [0.1, 0.15) is 0 Å². The molecule has 1 aromatic rings. The number of hydrogen-bond acceptors (Lipinski definition) is 5. The van der Waals surface area contributed by atoms with E-state index in [-0.39, 0.29) is 0 Å². The van der Waals surface area contributed by atoms with E-state index in [1.165, 1.54) is 0 Å². The van der Waals surface area contributed by atoms with Crippen LogP contribution in [0.25, 0.3) is 0 Å². The van der Waals surface area contributed by atoms with Gasteiger partial charge in [0, 0.05) is 32.4 Å². The minimum absolute atomic E-state index is 0.789. The first-order chi connectivity index (χ1) is 7.38. The maximum absolute atomic E-state index is 5.28. The molecule has 1 saturated heterocycles. The number of anilines is 2. The zero-order valence-corrected chi connectivity index (χ0v) is 8.86. The van der Waals surface area contributed by atoms with Crippen LogP contribution in [0.15, 0.2) is 18.3 Å². The molecule has 15 heavy (non-hydrogen) atoms. The number of nitrogens with zero attached hydrogens (tertiary/aromatic N) is 2. The molecule has 1 fully saturated rings. The zero-order valence-electron chi connectivity index (χ0n) is 8.86. The second kappa shape index (κ2) is 4.95. The summed E-state index contributed by atoms with van der Waals surface area (Å²) in [4.78, 5) is 4.16. The van der Waals surface area contributed by atoms with Crippen molar-refractivity contribution in [2.45, 2.75) is 0 Å². The summed E-state index contributed by atoms with van der Waals surface area (Å²) < 4.78 is 5.28. The predicted molar refractivity (Wildman–Crippen MR) is 59.8 cm³/mol. The van der Waals surface area contributed by atoms with Crippen molar-refractivity contribution in [3.63, 3.8) is 0 Å². The van der Waals surface area contributed by atoms with Crippen molar-refractivity contribution in [1.82, 2.24) is 9.99 Å². The number of aromatic nitrogens is 1. The Morgan fingerprint density at radius 2 is 2.20 bits per heavy atom. The molecule has 0 atom stereocenters. The summed E-state index contributed by atoms with van der Waals surface area (Å²) in [6, 6.07) is 3.94. The molecule has 0 radical (unpaired) electrons. The molecule has 2 heterocycles. The lowest BCUT2D eigenvalue weighted by Gasteiger charge is -2.27. The Bertz CT molecular complexity index is 312. The van der Waals surface area contributed by atoms with Gasteiger partial charge in [-0.1, -0.05) is 0 Å². The highest BCUT2D eigenvalue weighted by Gasteiger charge is 2.09. The average Bonchev–Trinajstić information content (AvgIpc) is 2.31. The van der Waals surface area contributed by atoms with Gasteiger partial charge < -0.3 is 15.5 Å². The zero-order chi connectivity index (χ0) is 10.5. The van der Waals surface area contributed by atoms with Crippen LogP contribution in [0.5, 0.6) is 0 Å². The van der Waals surface area contributed by atoms with Gasteiger partial charge in [0.1, 0.15) is 5.82 Å². The summed E-state index contributed by atoms with van der Waals surface area (Å²) in [5.41, 5.74) is 4.38. The predicted octanol–water partition coefficient (Wildman–Crippen LogP) is 0.782. The average molecular weight is 208 g/mol. The van der Waals surface area contributed by atoms with E-state index in [2.05, 4.69) is 20.7 Å². The Labute approximate surface area is 89.4 Å². The molecule has 0 aromatic carbocycles. The van der Waals surface area contributed by atoms with Crippen LogP contribution >= 0.6 is 0 Å². The lowest BCUT2D eigenvalue weighted by molar-refractivity contribution is 0.0497. The fraction of sp³-hybridized carbons (Fsp3) is 0.500. The normalized spacial score (nSPS) is 17.4. The maximum Gasteiger partial charge on any atom is 0.127 e. The van der Waals surface area contributed by atoms with Crippen LogP contribution in [0, 0.1) is 0 Å². The van der Waals surface area contributed by atoms with E-state index in [4.69, 9.17) is 4.74 Å². The molecule has 0 bridgehead atoms. The number of ether oxygens (including phenoxy) is 1. The third-order valence-corrected chi connectivity index (χ3v) is 2.31. The van der Waals surface area contributed by atoms with E-state index in [0.29, 0.717) is 0 Å². The van der Waals surface area contributed by atoms with E-state index in [1.54, 1.807) is 6.20 Å². The summed E-state index contributed by atoms with van der Waals surface area (Å²) >= 11 is 0. The highest BCUT2D eigenvalue weighted by atomic mass is 16.5. The van der Waals surface area contributed by atoms with E-state index >= 15 is 0 Å². The van der Waals surface area contributed by atoms with E-state index < -0.39 is 0 Å². The Hall–Kier alpha value is -1.33. The lowest BCUT2D eigenvalue weighted by Crippen LogP contribution is -2.40. The summed E-state index contributed by atoms with van der Waals surface area (Å²) in [7, 11) is 1.86. The molecular formula is C10H16N4O. The van der Waals surface area contributed by atoms with Gasteiger partial charge in [-0.15, -0.1) is 0 Å². The van der Waals surface area contributed by atoms with Gasteiger partial charge in [-0.3, -0.25) is 0 Å². The third kappa shape index (κ3) is 2.81. The fourth-order valence-electron chi connectivity index (χ4n) is 1.49. The standard InChI is InChI=1S/C10H16N4O/c1-11-10-8-9(2-3-12-10)13-14-4-6-15-7-5-14/h2-3,8H,4-7H2,1H3,(H2,11,12,13). The number of hydrazine groups is 1. The fourth-order valence-corrected chi connectivity index (χ4v) is 1.49. The Kier molecular flexibility index (Phi) is 3.37. The first-order valence-electron chi connectivity index (χ1n) is 5.11. The molecule has 1 aromatic heterocycles. The third-order valence-electron chi connectivity index (χ3n) is 2.31. The molecule has 5 nitrogen and oxygen atoms in total. The highest BCUT2D eigenvalue weighted by Crippen LogP contribution is 2.12. The van der Waals surface area contributed by atoms with Crippen LogP contribution in [0.4, 0.5) is 11.5 Å². The number of rotatable bonds is 3. The van der Waals surface area contributed by atoms with E-state index in [1.807, 2.05) is 19.2 Å². The van der Waals surface area contributed by atoms with Crippen LogP contribution < -0.4 is 10.7 Å². The molecule has 0 amide bonds. The monoisotopic (exact) mass is 208 g/mol. The van der Waals surface area contributed by atoms with Crippen molar-refractivity contribution in [2.24, 2.45) is 0 Å². The molecule has 0 saturated carbocycles. The molecule has 0 spiro atoms. The van der Waals surface area contributed by atoms with E-state index in [9.17, 15) is 0 Å². The smallest absolute Gasteiger partial charge is 0.127 e. The van der Waals surface area contributed by atoms with Crippen molar-refractivity contribution in [2.75, 3.05) is 44.1 Å². The van der Waals surface area contributed by atoms with Crippen molar-refractivity contribution < 1.29 is 4.74 Å². The van der Waals surface area contributed by atoms with Crippen molar-refractivity contribution >= 4 is 11.5 Å². The molecule has 1 aliphatic rings. The second-order valence-corrected chi connectivity index (χ2v) is 3.39. The van der Waals surface area contributed by atoms with E-state index in [0.717, 1.165) is 37.8 Å². The summed E-state index contributed by atoms with van der Waals surface area (Å²) in [6.07, 6.45) is 1.79. The van der Waals surface area contributed by atoms with Crippen LogP contribution in [-0.2, 0) is 4.74 Å². The van der Waals surface area contributed by atoms with Gasteiger partial charge >= 0.3 is 0 Å².